The zero-order valence-electron chi connectivity index (χ0n) is 7.85. The molecule has 0 aliphatic heterocycles. The van der Waals surface area contributed by atoms with Gasteiger partial charge in [0.2, 0.25) is 12.3 Å². The van der Waals surface area contributed by atoms with Crippen LogP contribution in [-0.2, 0) is 0 Å². The highest BCUT2D eigenvalue weighted by atomic mass is 35.5. The highest BCUT2D eigenvalue weighted by Gasteiger charge is 2.09. The van der Waals surface area contributed by atoms with E-state index in [1.54, 1.807) is 12.1 Å². The summed E-state index contributed by atoms with van der Waals surface area (Å²) in [5, 5.41) is 18.3. The van der Waals surface area contributed by atoms with E-state index in [-0.39, 0.29) is 5.89 Å². The summed E-state index contributed by atoms with van der Waals surface area (Å²) >= 11 is 5.94. The van der Waals surface area contributed by atoms with Crippen molar-refractivity contribution in [2.45, 2.75) is 0 Å². The number of benzene rings is 1. The van der Waals surface area contributed by atoms with Gasteiger partial charge in [-0.2, -0.15) is 0 Å². The van der Waals surface area contributed by atoms with Gasteiger partial charge in [-0.05, 0) is 18.2 Å². The maximum atomic E-state index is 10.4. The zero-order chi connectivity index (χ0) is 11.5. The maximum Gasteiger partial charge on any atom is 0.409 e. The van der Waals surface area contributed by atoms with Crippen LogP contribution in [-0.4, -0.2) is 21.4 Å². The van der Waals surface area contributed by atoms with E-state index in [4.69, 9.17) is 21.1 Å². The van der Waals surface area contributed by atoms with Gasteiger partial charge < -0.3 is 9.52 Å². The van der Waals surface area contributed by atoms with Gasteiger partial charge in [-0.3, -0.25) is 5.32 Å². The number of rotatable bonds is 2. The lowest BCUT2D eigenvalue weighted by molar-refractivity contribution is 0.210. The Kier molecular flexibility index (Phi) is 2.74. The zero-order valence-corrected chi connectivity index (χ0v) is 8.60. The first-order chi connectivity index (χ1) is 7.66. The average molecular weight is 240 g/mol. The Bertz CT molecular complexity index is 513. The lowest BCUT2D eigenvalue weighted by Gasteiger charge is -2.03. The number of nitrogens with zero attached hydrogens (tertiary/aromatic N) is 2. The fraction of sp³-hybridized carbons (Fsp3) is 0. The van der Waals surface area contributed by atoms with Crippen molar-refractivity contribution in [2.24, 2.45) is 0 Å². The van der Waals surface area contributed by atoms with Gasteiger partial charge in [-0.15, -0.1) is 10.2 Å². The minimum atomic E-state index is -1.15. The Hall–Kier alpha value is -2.08. The van der Waals surface area contributed by atoms with Crippen LogP contribution in [0, 0.1) is 0 Å². The van der Waals surface area contributed by atoms with E-state index >= 15 is 0 Å². The lowest BCUT2D eigenvalue weighted by atomic mass is 10.2. The number of aromatic nitrogens is 2. The summed E-state index contributed by atoms with van der Waals surface area (Å²) in [7, 11) is 0. The van der Waals surface area contributed by atoms with E-state index in [1.807, 2.05) is 0 Å². The third kappa shape index (κ3) is 2.12. The number of halogens is 1. The van der Waals surface area contributed by atoms with Crippen molar-refractivity contribution >= 4 is 23.4 Å². The third-order valence-electron chi connectivity index (χ3n) is 1.81. The maximum absolute atomic E-state index is 10.4. The first kappa shape index (κ1) is 10.4. The molecule has 7 heteroatoms. The third-order valence-corrected chi connectivity index (χ3v) is 2.12. The molecule has 0 aliphatic rings. The van der Waals surface area contributed by atoms with E-state index in [0.717, 1.165) is 0 Å². The van der Waals surface area contributed by atoms with Crippen LogP contribution in [0.25, 0.3) is 11.5 Å². The summed E-state index contributed by atoms with van der Waals surface area (Å²) in [6.45, 7) is 0. The molecule has 0 saturated heterocycles. The SMILES string of the molecule is O=C(O)Nc1ccc(-c2nnco2)c(Cl)c1. The molecular formula is C9H6ClN3O3. The molecule has 0 saturated carbocycles. The molecule has 1 heterocycles. The molecule has 16 heavy (non-hydrogen) atoms. The standard InChI is InChI=1S/C9H6ClN3O3/c10-7-3-5(12-9(14)15)1-2-6(7)8-13-11-4-16-8/h1-4,12H,(H,14,15). The quantitative estimate of drug-likeness (QED) is 0.840. The molecule has 0 radical (unpaired) electrons. The summed E-state index contributed by atoms with van der Waals surface area (Å²) in [6.07, 6.45) is 0.0383. The van der Waals surface area contributed by atoms with Crippen molar-refractivity contribution in [3.05, 3.63) is 29.6 Å². The molecule has 0 spiro atoms. The van der Waals surface area contributed by atoms with Crippen LogP contribution in [0.15, 0.2) is 29.0 Å². The minimum absolute atomic E-state index is 0.284. The Morgan fingerprint density at radius 1 is 1.50 bits per heavy atom. The van der Waals surface area contributed by atoms with E-state index < -0.39 is 6.09 Å². The molecule has 1 aromatic heterocycles. The van der Waals surface area contributed by atoms with E-state index in [9.17, 15) is 4.79 Å². The van der Waals surface area contributed by atoms with Crippen LogP contribution in [0.2, 0.25) is 5.02 Å². The molecule has 1 amide bonds. The monoisotopic (exact) mass is 239 g/mol. The van der Waals surface area contributed by atoms with Crippen LogP contribution in [0.4, 0.5) is 10.5 Å². The first-order valence-electron chi connectivity index (χ1n) is 4.23. The van der Waals surface area contributed by atoms with Crippen LogP contribution in [0.5, 0.6) is 0 Å². The molecule has 2 aromatic rings. The number of amides is 1. The normalized spacial score (nSPS) is 10.1. The van der Waals surface area contributed by atoms with E-state index in [1.165, 1.54) is 12.5 Å². The topological polar surface area (TPSA) is 88.2 Å². The Labute approximate surface area is 94.9 Å². The number of anilines is 1. The number of carboxylic acid groups (broad SMARTS) is 1. The van der Waals surface area contributed by atoms with Crippen LogP contribution in [0.1, 0.15) is 0 Å². The predicted molar refractivity (Wildman–Crippen MR) is 56.4 cm³/mol. The predicted octanol–water partition coefficient (Wildman–Crippen LogP) is 2.48. The van der Waals surface area contributed by atoms with Gasteiger partial charge in [0.25, 0.3) is 0 Å². The lowest BCUT2D eigenvalue weighted by Crippen LogP contribution is -2.06. The highest BCUT2D eigenvalue weighted by Crippen LogP contribution is 2.28. The van der Waals surface area contributed by atoms with Crippen LogP contribution < -0.4 is 5.32 Å². The molecular weight excluding hydrogens is 234 g/mol. The molecule has 0 unspecified atom stereocenters. The second-order valence-electron chi connectivity index (χ2n) is 2.87. The van der Waals surface area contributed by atoms with Gasteiger partial charge in [-0.1, -0.05) is 11.6 Å². The average Bonchev–Trinajstić information content (AvgIpc) is 2.69. The molecule has 6 nitrogen and oxygen atoms in total. The Morgan fingerprint density at radius 3 is 2.88 bits per heavy atom. The summed E-state index contributed by atoms with van der Waals surface area (Å²) in [5.74, 6) is 0.284. The van der Waals surface area contributed by atoms with E-state index in [0.29, 0.717) is 16.3 Å². The van der Waals surface area contributed by atoms with E-state index in [2.05, 4.69) is 15.5 Å². The van der Waals surface area contributed by atoms with Gasteiger partial charge in [0.05, 0.1) is 10.6 Å². The minimum Gasteiger partial charge on any atom is -0.465 e. The Morgan fingerprint density at radius 2 is 2.31 bits per heavy atom. The van der Waals surface area contributed by atoms with Crippen molar-refractivity contribution in [1.82, 2.24) is 10.2 Å². The highest BCUT2D eigenvalue weighted by molar-refractivity contribution is 6.33. The molecule has 2 rings (SSSR count). The number of carbonyl (C=O) groups is 1. The number of nitrogens with one attached hydrogen (secondary N) is 1. The van der Waals surface area contributed by atoms with Gasteiger partial charge in [0.1, 0.15) is 0 Å². The molecule has 0 aliphatic carbocycles. The van der Waals surface area contributed by atoms with Crippen molar-refractivity contribution in [3.8, 4) is 11.5 Å². The fourth-order valence-corrected chi connectivity index (χ4v) is 1.44. The smallest absolute Gasteiger partial charge is 0.409 e. The molecule has 1 aromatic carbocycles. The van der Waals surface area contributed by atoms with Gasteiger partial charge >= 0.3 is 6.09 Å². The molecule has 0 bridgehead atoms. The summed E-state index contributed by atoms with van der Waals surface area (Å²) in [4.78, 5) is 10.4. The number of hydrogen-bond acceptors (Lipinski definition) is 4. The molecule has 0 atom stereocenters. The van der Waals surface area contributed by atoms with Gasteiger partial charge in [0.15, 0.2) is 0 Å². The first-order valence-corrected chi connectivity index (χ1v) is 4.60. The van der Waals surface area contributed by atoms with Crippen molar-refractivity contribution in [1.29, 1.82) is 0 Å². The second kappa shape index (κ2) is 4.19. The summed E-state index contributed by atoms with van der Waals surface area (Å²) in [5.41, 5.74) is 0.927. The largest absolute Gasteiger partial charge is 0.465 e. The number of hydrogen-bond donors (Lipinski definition) is 2. The van der Waals surface area contributed by atoms with Crippen LogP contribution in [0.3, 0.4) is 0 Å². The molecule has 82 valence electrons. The van der Waals surface area contributed by atoms with Gasteiger partial charge in [0, 0.05) is 5.69 Å². The van der Waals surface area contributed by atoms with Crippen molar-refractivity contribution in [3.63, 3.8) is 0 Å². The van der Waals surface area contributed by atoms with Crippen LogP contribution >= 0.6 is 11.6 Å². The van der Waals surface area contributed by atoms with Crippen molar-refractivity contribution < 1.29 is 14.3 Å². The summed E-state index contributed by atoms with van der Waals surface area (Å²) < 4.78 is 4.98. The summed E-state index contributed by atoms with van der Waals surface area (Å²) in [6, 6.07) is 4.62. The van der Waals surface area contributed by atoms with Gasteiger partial charge in [-0.25, -0.2) is 4.79 Å². The second-order valence-corrected chi connectivity index (χ2v) is 3.28. The molecule has 2 N–H and O–H groups in total. The van der Waals surface area contributed by atoms with Crippen molar-refractivity contribution in [2.75, 3.05) is 5.32 Å². The molecule has 0 fully saturated rings. The fourth-order valence-electron chi connectivity index (χ4n) is 1.18. The Balaban J connectivity index is 2.34.